The van der Waals surface area contributed by atoms with Gasteiger partial charge in [0, 0.05) is 0 Å². The Bertz CT molecular complexity index is 1070. The lowest BCUT2D eigenvalue weighted by Gasteiger charge is -2.04. The van der Waals surface area contributed by atoms with E-state index in [-0.39, 0.29) is 25.7 Å². The van der Waals surface area contributed by atoms with Gasteiger partial charge >= 0.3 is 0 Å². The molecule has 26 heavy (non-hydrogen) atoms. The third kappa shape index (κ3) is 4.15. The van der Waals surface area contributed by atoms with E-state index in [0.29, 0.717) is 11.3 Å². The minimum Gasteiger partial charge on any atom is -0.296 e. The van der Waals surface area contributed by atoms with Gasteiger partial charge in [0.1, 0.15) is 5.82 Å². The molecule has 1 aromatic heterocycles. The van der Waals surface area contributed by atoms with E-state index in [4.69, 9.17) is 11.6 Å². The van der Waals surface area contributed by atoms with E-state index in [0.717, 1.165) is 6.07 Å². The maximum Gasteiger partial charge on any atom is 0.291 e. The van der Waals surface area contributed by atoms with E-state index in [9.17, 15) is 17.6 Å². The standard InChI is InChI=1S/C15H10ClFN4O3S2/c16-12-7-2-1-6-11(12)13(22)18-14-19-20-15(25-14)26(23,24)21-10-5-3-4-9(17)8-10/h1-8,21H,(H,18,19,22). The van der Waals surface area contributed by atoms with E-state index in [1.54, 1.807) is 18.2 Å². The Balaban J connectivity index is 1.77. The Morgan fingerprint density at radius 2 is 1.88 bits per heavy atom. The number of nitrogens with one attached hydrogen (secondary N) is 2. The minimum atomic E-state index is -4.07. The average Bonchev–Trinajstić information content (AvgIpc) is 3.04. The highest BCUT2D eigenvalue weighted by Gasteiger charge is 2.22. The maximum absolute atomic E-state index is 13.2. The van der Waals surface area contributed by atoms with Crippen LogP contribution in [0.1, 0.15) is 10.4 Å². The largest absolute Gasteiger partial charge is 0.296 e. The quantitative estimate of drug-likeness (QED) is 0.625. The first-order valence-corrected chi connectivity index (χ1v) is 9.71. The van der Waals surface area contributed by atoms with Crippen molar-refractivity contribution in [2.45, 2.75) is 4.34 Å². The zero-order valence-corrected chi connectivity index (χ0v) is 15.2. The highest BCUT2D eigenvalue weighted by molar-refractivity contribution is 7.94. The fourth-order valence-corrected chi connectivity index (χ4v) is 4.10. The molecule has 2 aromatic carbocycles. The van der Waals surface area contributed by atoms with Crippen LogP contribution in [-0.2, 0) is 10.0 Å². The van der Waals surface area contributed by atoms with Crippen LogP contribution >= 0.6 is 22.9 Å². The lowest BCUT2D eigenvalue weighted by atomic mass is 10.2. The summed E-state index contributed by atoms with van der Waals surface area (Å²) in [5.74, 6) is -1.14. The Kier molecular flexibility index (Phi) is 5.16. The second kappa shape index (κ2) is 7.36. The fourth-order valence-electron chi connectivity index (χ4n) is 1.93. The summed E-state index contributed by atoms with van der Waals surface area (Å²) in [6.45, 7) is 0. The van der Waals surface area contributed by atoms with Crippen LogP contribution in [0.15, 0.2) is 52.9 Å². The number of carbonyl (C=O) groups excluding carboxylic acids is 1. The summed E-state index contributed by atoms with van der Waals surface area (Å²) >= 11 is 6.59. The summed E-state index contributed by atoms with van der Waals surface area (Å²) in [6, 6.07) is 11.3. The van der Waals surface area contributed by atoms with Crippen molar-refractivity contribution in [1.82, 2.24) is 10.2 Å². The Morgan fingerprint density at radius 1 is 1.12 bits per heavy atom. The van der Waals surface area contributed by atoms with E-state index in [1.165, 1.54) is 24.3 Å². The second-order valence-corrected chi connectivity index (χ2v) is 8.16. The predicted octanol–water partition coefficient (Wildman–Crippen LogP) is 3.38. The molecule has 0 spiro atoms. The first-order valence-electron chi connectivity index (χ1n) is 7.03. The predicted molar refractivity (Wildman–Crippen MR) is 96.5 cm³/mol. The van der Waals surface area contributed by atoms with Crippen LogP contribution in [0.4, 0.5) is 15.2 Å². The zero-order chi connectivity index (χ0) is 18.7. The summed E-state index contributed by atoms with van der Waals surface area (Å²) in [7, 11) is -4.07. The average molecular weight is 413 g/mol. The molecule has 11 heteroatoms. The van der Waals surface area contributed by atoms with Crippen molar-refractivity contribution in [1.29, 1.82) is 0 Å². The Morgan fingerprint density at radius 3 is 2.62 bits per heavy atom. The van der Waals surface area contributed by atoms with Crippen molar-refractivity contribution >= 4 is 49.7 Å². The summed E-state index contributed by atoms with van der Waals surface area (Å²) in [6.07, 6.45) is 0. The molecular weight excluding hydrogens is 403 g/mol. The fraction of sp³-hybridized carbons (Fsp3) is 0. The van der Waals surface area contributed by atoms with Gasteiger partial charge in [0.25, 0.3) is 20.3 Å². The van der Waals surface area contributed by atoms with Gasteiger partial charge in [0.05, 0.1) is 16.3 Å². The number of rotatable bonds is 5. The highest BCUT2D eigenvalue weighted by atomic mass is 35.5. The molecule has 1 amide bonds. The maximum atomic E-state index is 13.2. The van der Waals surface area contributed by atoms with Gasteiger partial charge < -0.3 is 0 Å². The molecule has 0 aliphatic heterocycles. The normalized spacial score (nSPS) is 11.2. The smallest absolute Gasteiger partial charge is 0.291 e. The molecule has 7 nitrogen and oxygen atoms in total. The number of halogens is 2. The van der Waals surface area contributed by atoms with Crippen LogP contribution in [0.3, 0.4) is 0 Å². The number of nitrogens with zero attached hydrogens (tertiary/aromatic N) is 2. The van der Waals surface area contributed by atoms with Gasteiger partial charge in [-0.05, 0) is 30.3 Å². The molecule has 1 heterocycles. The number of hydrogen-bond acceptors (Lipinski definition) is 6. The van der Waals surface area contributed by atoms with Gasteiger partial charge in [-0.3, -0.25) is 14.8 Å². The van der Waals surface area contributed by atoms with Crippen molar-refractivity contribution in [3.05, 3.63) is 64.9 Å². The minimum absolute atomic E-state index is 0.0189. The molecule has 0 bridgehead atoms. The summed E-state index contributed by atoms with van der Waals surface area (Å²) in [4.78, 5) is 12.2. The lowest BCUT2D eigenvalue weighted by molar-refractivity contribution is 0.102. The Hall–Kier alpha value is -2.56. The van der Waals surface area contributed by atoms with Crippen molar-refractivity contribution < 1.29 is 17.6 Å². The number of carbonyl (C=O) groups is 1. The highest BCUT2D eigenvalue weighted by Crippen LogP contribution is 2.24. The van der Waals surface area contributed by atoms with Crippen LogP contribution in [0.5, 0.6) is 0 Å². The summed E-state index contributed by atoms with van der Waals surface area (Å²) < 4.78 is 39.5. The molecule has 134 valence electrons. The van der Waals surface area contributed by atoms with Gasteiger partial charge in [0.2, 0.25) is 5.13 Å². The molecule has 0 fully saturated rings. The van der Waals surface area contributed by atoms with Crippen molar-refractivity contribution in [3.63, 3.8) is 0 Å². The third-order valence-electron chi connectivity index (χ3n) is 3.05. The first kappa shape index (κ1) is 18.2. The monoisotopic (exact) mass is 412 g/mol. The number of aromatic nitrogens is 2. The molecule has 0 aliphatic carbocycles. The number of anilines is 2. The van der Waals surface area contributed by atoms with Crippen molar-refractivity contribution in [2.75, 3.05) is 10.0 Å². The molecule has 0 saturated heterocycles. The molecular formula is C15H10ClFN4O3S2. The van der Waals surface area contributed by atoms with E-state index in [1.807, 2.05) is 0 Å². The molecule has 0 unspecified atom stereocenters. The van der Waals surface area contributed by atoms with E-state index in [2.05, 4.69) is 20.2 Å². The van der Waals surface area contributed by atoms with Gasteiger partial charge in [0.15, 0.2) is 0 Å². The first-order chi connectivity index (χ1) is 12.3. The Labute approximate surface area is 156 Å². The van der Waals surface area contributed by atoms with Crippen LogP contribution in [0.2, 0.25) is 5.02 Å². The summed E-state index contributed by atoms with van der Waals surface area (Å²) in [5.41, 5.74) is 0.258. The number of benzene rings is 2. The van der Waals surface area contributed by atoms with Gasteiger partial charge in [-0.1, -0.05) is 41.1 Å². The van der Waals surface area contributed by atoms with E-state index >= 15 is 0 Å². The molecule has 0 atom stereocenters. The topological polar surface area (TPSA) is 101 Å². The number of amides is 1. The summed E-state index contributed by atoms with van der Waals surface area (Å²) in [5, 5.41) is 9.85. The number of sulfonamides is 1. The molecule has 3 rings (SSSR count). The zero-order valence-electron chi connectivity index (χ0n) is 12.8. The van der Waals surface area contributed by atoms with Gasteiger partial charge in [-0.15, -0.1) is 10.2 Å². The third-order valence-corrected chi connectivity index (χ3v) is 5.97. The second-order valence-electron chi connectivity index (χ2n) is 4.92. The van der Waals surface area contributed by atoms with Gasteiger partial charge in [-0.2, -0.15) is 8.42 Å². The molecule has 0 saturated carbocycles. The molecule has 0 aliphatic rings. The SMILES string of the molecule is O=C(Nc1nnc(S(=O)(=O)Nc2cccc(F)c2)s1)c1ccccc1Cl. The lowest BCUT2D eigenvalue weighted by Crippen LogP contribution is -2.12. The molecule has 3 aromatic rings. The van der Waals surface area contributed by atoms with Crippen LogP contribution in [0, 0.1) is 5.82 Å². The molecule has 2 N–H and O–H groups in total. The van der Waals surface area contributed by atoms with Crippen LogP contribution in [-0.4, -0.2) is 24.5 Å². The van der Waals surface area contributed by atoms with Crippen molar-refractivity contribution in [2.24, 2.45) is 0 Å². The van der Waals surface area contributed by atoms with Gasteiger partial charge in [-0.25, -0.2) is 4.39 Å². The van der Waals surface area contributed by atoms with Crippen LogP contribution in [0.25, 0.3) is 0 Å². The molecule has 0 radical (unpaired) electrons. The van der Waals surface area contributed by atoms with E-state index < -0.39 is 21.7 Å². The van der Waals surface area contributed by atoms with Crippen LogP contribution < -0.4 is 10.0 Å². The number of hydrogen-bond donors (Lipinski definition) is 2. The van der Waals surface area contributed by atoms with Crippen molar-refractivity contribution in [3.8, 4) is 0 Å².